The molecular formula is C11H16F2O4. The highest BCUT2D eigenvalue weighted by molar-refractivity contribution is 5.83. The summed E-state index contributed by atoms with van der Waals surface area (Å²) in [7, 11) is 0. The summed E-state index contributed by atoms with van der Waals surface area (Å²) in [5, 5.41) is 0. The molecular weight excluding hydrogens is 234 g/mol. The van der Waals surface area contributed by atoms with Gasteiger partial charge in [0.2, 0.25) is 5.92 Å². The van der Waals surface area contributed by atoms with Crippen molar-refractivity contribution in [1.29, 1.82) is 0 Å². The number of halogens is 2. The van der Waals surface area contributed by atoms with E-state index >= 15 is 0 Å². The van der Waals surface area contributed by atoms with Crippen LogP contribution in [0.4, 0.5) is 8.78 Å². The Morgan fingerprint density at radius 1 is 1.06 bits per heavy atom. The third-order valence-corrected chi connectivity index (χ3v) is 2.70. The molecule has 0 aromatic rings. The third kappa shape index (κ3) is 3.38. The highest BCUT2D eigenvalue weighted by atomic mass is 19.3. The molecule has 0 amide bonds. The minimum absolute atomic E-state index is 0.108. The van der Waals surface area contributed by atoms with Gasteiger partial charge in [-0.05, 0) is 13.8 Å². The molecule has 0 N–H and O–H groups in total. The zero-order valence-corrected chi connectivity index (χ0v) is 9.87. The van der Waals surface area contributed by atoms with E-state index in [1.165, 1.54) is 0 Å². The van der Waals surface area contributed by atoms with Gasteiger partial charge in [0.15, 0.2) is 0 Å². The summed E-state index contributed by atoms with van der Waals surface area (Å²) in [5.41, 5.74) is 0. The van der Waals surface area contributed by atoms with Crippen molar-refractivity contribution in [3.05, 3.63) is 0 Å². The normalized spacial score (nSPS) is 26.6. The van der Waals surface area contributed by atoms with Crippen LogP contribution in [-0.2, 0) is 19.1 Å². The summed E-state index contributed by atoms with van der Waals surface area (Å²) in [5.74, 6) is -6.69. The van der Waals surface area contributed by atoms with Crippen LogP contribution >= 0.6 is 0 Å². The fraction of sp³-hybridized carbons (Fsp3) is 0.818. The van der Waals surface area contributed by atoms with Crippen molar-refractivity contribution >= 4 is 11.9 Å². The zero-order valence-electron chi connectivity index (χ0n) is 9.87. The fourth-order valence-corrected chi connectivity index (χ4v) is 2.01. The first kappa shape index (κ1) is 13.9. The topological polar surface area (TPSA) is 52.6 Å². The van der Waals surface area contributed by atoms with Crippen molar-refractivity contribution in [2.24, 2.45) is 11.8 Å². The molecule has 0 saturated heterocycles. The molecule has 0 aromatic heterocycles. The number of alkyl halides is 2. The van der Waals surface area contributed by atoms with Crippen LogP contribution in [0.15, 0.2) is 0 Å². The average Bonchev–Trinajstić information content (AvgIpc) is 2.55. The number of carbonyl (C=O) groups is 2. The lowest BCUT2D eigenvalue weighted by molar-refractivity contribution is -0.158. The largest absolute Gasteiger partial charge is 0.466 e. The molecule has 1 rings (SSSR count). The fourth-order valence-electron chi connectivity index (χ4n) is 2.01. The lowest BCUT2D eigenvalue weighted by Crippen LogP contribution is -2.28. The molecule has 0 aliphatic heterocycles. The van der Waals surface area contributed by atoms with Crippen molar-refractivity contribution in [2.45, 2.75) is 32.6 Å². The Bertz CT molecular complexity index is 276. The van der Waals surface area contributed by atoms with Crippen LogP contribution in [0.25, 0.3) is 0 Å². The van der Waals surface area contributed by atoms with Crippen LogP contribution in [0.2, 0.25) is 0 Å². The SMILES string of the molecule is CCOC(=O)[C@H]1CC(F)(F)C[C@@H]1C(=O)OCC. The highest BCUT2D eigenvalue weighted by Gasteiger charge is 2.53. The summed E-state index contributed by atoms with van der Waals surface area (Å²) in [4.78, 5) is 23.0. The Kier molecular flexibility index (Phi) is 4.42. The second-order valence-corrected chi connectivity index (χ2v) is 3.98. The summed E-state index contributed by atoms with van der Waals surface area (Å²) >= 11 is 0. The van der Waals surface area contributed by atoms with Crippen LogP contribution in [0.3, 0.4) is 0 Å². The monoisotopic (exact) mass is 250 g/mol. The van der Waals surface area contributed by atoms with Gasteiger partial charge in [-0.2, -0.15) is 0 Å². The molecule has 0 heterocycles. The molecule has 1 saturated carbocycles. The molecule has 4 nitrogen and oxygen atoms in total. The van der Waals surface area contributed by atoms with E-state index < -0.39 is 42.5 Å². The van der Waals surface area contributed by atoms with Crippen molar-refractivity contribution in [3.63, 3.8) is 0 Å². The molecule has 0 spiro atoms. The van der Waals surface area contributed by atoms with Gasteiger partial charge in [-0.15, -0.1) is 0 Å². The van der Waals surface area contributed by atoms with Gasteiger partial charge in [-0.3, -0.25) is 9.59 Å². The van der Waals surface area contributed by atoms with Gasteiger partial charge in [-0.25, -0.2) is 8.78 Å². The number of carbonyl (C=O) groups excluding carboxylic acids is 2. The predicted molar refractivity (Wildman–Crippen MR) is 54.4 cm³/mol. The third-order valence-electron chi connectivity index (χ3n) is 2.70. The molecule has 0 unspecified atom stereocenters. The van der Waals surface area contributed by atoms with E-state index in [0.29, 0.717) is 0 Å². The van der Waals surface area contributed by atoms with E-state index in [9.17, 15) is 18.4 Å². The van der Waals surface area contributed by atoms with Crippen molar-refractivity contribution in [1.82, 2.24) is 0 Å². The standard InChI is InChI=1S/C11H16F2O4/c1-3-16-9(14)7-5-11(12,13)6-8(7)10(15)17-4-2/h7-8H,3-6H2,1-2H3/t7-,8-/m0/s1. The van der Waals surface area contributed by atoms with Gasteiger partial charge >= 0.3 is 11.9 Å². The number of hydrogen-bond donors (Lipinski definition) is 0. The lowest BCUT2D eigenvalue weighted by atomic mass is 9.96. The number of ether oxygens (including phenoxy) is 2. The molecule has 1 fully saturated rings. The molecule has 98 valence electrons. The quantitative estimate of drug-likeness (QED) is 0.713. The van der Waals surface area contributed by atoms with E-state index in [1.54, 1.807) is 13.8 Å². The van der Waals surface area contributed by atoms with Gasteiger partial charge in [0.05, 0.1) is 25.0 Å². The van der Waals surface area contributed by atoms with Gasteiger partial charge in [0.25, 0.3) is 0 Å². The molecule has 0 aromatic carbocycles. The van der Waals surface area contributed by atoms with Crippen LogP contribution in [0, 0.1) is 11.8 Å². The lowest BCUT2D eigenvalue weighted by Gasteiger charge is -2.15. The van der Waals surface area contributed by atoms with Crippen LogP contribution in [0.5, 0.6) is 0 Å². The summed E-state index contributed by atoms with van der Waals surface area (Å²) in [6.45, 7) is 3.39. The Labute approximate surface area is 98.3 Å². The molecule has 0 bridgehead atoms. The van der Waals surface area contributed by atoms with E-state index in [0.717, 1.165) is 0 Å². The smallest absolute Gasteiger partial charge is 0.310 e. The van der Waals surface area contributed by atoms with Gasteiger partial charge in [-0.1, -0.05) is 0 Å². The summed E-state index contributed by atoms with van der Waals surface area (Å²) in [6.07, 6.45) is -1.29. The summed E-state index contributed by atoms with van der Waals surface area (Å²) in [6, 6.07) is 0. The van der Waals surface area contributed by atoms with Crippen LogP contribution < -0.4 is 0 Å². The number of hydrogen-bond acceptors (Lipinski definition) is 4. The Balaban J connectivity index is 2.77. The van der Waals surface area contributed by atoms with Crippen molar-refractivity contribution < 1.29 is 27.8 Å². The second kappa shape index (κ2) is 5.42. The van der Waals surface area contributed by atoms with Crippen molar-refractivity contribution in [2.75, 3.05) is 13.2 Å². The molecule has 0 radical (unpaired) electrons. The Morgan fingerprint density at radius 3 is 1.71 bits per heavy atom. The van der Waals surface area contributed by atoms with Gasteiger partial charge in [0.1, 0.15) is 0 Å². The second-order valence-electron chi connectivity index (χ2n) is 3.98. The van der Waals surface area contributed by atoms with Crippen molar-refractivity contribution in [3.8, 4) is 0 Å². The first-order chi connectivity index (χ1) is 7.91. The maximum absolute atomic E-state index is 13.2. The highest BCUT2D eigenvalue weighted by Crippen LogP contribution is 2.44. The molecule has 17 heavy (non-hydrogen) atoms. The van der Waals surface area contributed by atoms with E-state index in [1.807, 2.05) is 0 Å². The van der Waals surface area contributed by atoms with Crippen LogP contribution in [0.1, 0.15) is 26.7 Å². The first-order valence-corrected chi connectivity index (χ1v) is 5.62. The molecule has 2 atom stereocenters. The predicted octanol–water partition coefficient (Wildman–Crippen LogP) is 1.77. The van der Waals surface area contributed by atoms with Gasteiger partial charge < -0.3 is 9.47 Å². The maximum atomic E-state index is 13.2. The minimum Gasteiger partial charge on any atom is -0.466 e. The average molecular weight is 250 g/mol. The Morgan fingerprint density at radius 2 is 1.41 bits per heavy atom. The summed E-state index contributed by atoms with van der Waals surface area (Å²) < 4.78 is 35.9. The molecule has 1 aliphatic carbocycles. The van der Waals surface area contributed by atoms with E-state index in [2.05, 4.69) is 0 Å². The molecule has 6 heteroatoms. The maximum Gasteiger partial charge on any atom is 0.310 e. The number of esters is 2. The first-order valence-electron chi connectivity index (χ1n) is 5.62. The van der Waals surface area contributed by atoms with E-state index in [4.69, 9.17) is 9.47 Å². The van der Waals surface area contributed by atoms with Crippen LogP contribution in [-0.4, -0.2) is 31.1 Å². The molecule has 1 aliphatic rings. The van der Waals surface area contributed by atoms with E-state index in [-0.39, 0.29) is 13.2 Å². The van der Waals surface area contributed by atoms with Gasteiger partial charge in [0, 0.05) is 12.8 Å². The zero-order chi connectivity index (χ0) is 13.1. The Hall–Kier alpha value is -1.20. The number of rotatable bonds is 4. The minimum atomic E-state index is -3.01.